The molecule has 21 heavy (non-hydrogen) atoms. The van der Waals surface area contributed by atoms with Gasteiger partial charge in [0.1, 0.15) is 17.6 Å². The molecule has 3 rings (SSSR count). The molecule has 4 nitrogen and oxygen atoms in total. The first-order chi connectivity index (χ1) is 10.1. The van der Waals surface area contributed by atoms with E-state index >= 15 is 0 Å². The topological polar surface area (TPSA) is 55.6 Å². The first-order valence-electron chi connectivity index (χ1n) is 6.60. The maximum absolute atomic E-state index is 13.4. The maximum Gasteiger partial charge on any atom is 0.247 e. The molecule has 0 bridgehead atoms. The highest BCUT2D eigenvalue weighted by molar-refractivity contribution is 6.05. The summed E-state index contributed by atoms with van der Waals surface area (Å²) in [5.41, 5.74) is 7.31. The van der Waals surface area contributed by atoms with Gasteiger partial charge in [-0.25, -0.2) is 4.39 Å². The Balaban J connectivity index is 1.98. The number of anilines is 1. The summed E-state index contributed by atoms with van der Waals surface area (Å²) in [6.07, 6.45) is 0. The summed E-state index contributed by atoms with van der Waals surface area (Å²) >= 11 is 0. The number of carbonyl (C=O) groups is 1. The van der Waals surface area contributed by atoms with Crippen LogP contribution in [0.15, 0.2) is 48.5 Å². The van der Waals surface area contributed by atoms with E-state index in [9.17, 15) is 9.18 Å². The Labute approximate surface area is 121 Å². The van der Waals surface area contributed by atoms with Crippen LogP contribution in [-0.4, -0.2) is 19.1 Å². The van der Waals surface area contributed by atoms with Crippen LogP contribution in [0.3, 0.4) is 0 Å². The van der Waals surface area contributed by atoms with Crippen molar-refractivity contribution < 1.29 is 13.9 Å². The number of hydrogen-bond donors (Lipinski definition) is 1. The van der Waals surface area contributed by atoms with Crippen molar-refractivity contribution >= 4 is 11.6 Å². The van der Waals surface area contributed by atoms with Crippen LogP contribution in [0.5, 0.6) is 5.75 Å². The summed E-state index contributed by atoms with van der Waals surface area (Å²) in [5, 5.41) is 0. The van der Waals surface area contributed by atoms with E-state index in [1.165, 1.54) is 17.0 Å². The highest BCUT2D eigenvalue weighted by Crippen LogP contribution is 2.39. The second-order valence-corrected chi connectivity index (χ2v) is 4.94. The molecule has 0 saturated carbocycles. The normalized spacial score (nSPS) is 21.1. The van der Waals surface area contributed by atoms with Gasteiger partial charge in [-0.05, 0) is 35.9 Å². The van der Waals surface area contributed by atoms with Crippen molar-refractivity contribution in [3.63, 3.8) is 0 Å². The van der Waals surface area contributed by atoms with Crippen molar-refractivity contribution in [2.75, 3.05) is 12.0 Å². The number of halogens is 1. The predicted molar refractivity (Wildman–Crippen MR) is 77.6 cm³/mol. The average Bonchev–Trinajstić information content (AvgIpc) is 2.51. The van der Waals surface area contributed by atoms with Gasteiger partial charge in [0, 0.05) is 5.69 Å². The van der Waals surface area contributed by atoms with Crippen LogP contribution in [-0.2, 0) is 4.79 Å². The smallest absolute Gasteiger partial charge is 0.247 e. The van der Waals surface area contributed by atoms with Crippen LogP contribution in [0.4, 0.5) is 10.1 Å². The molecule has 0 aromatic heterocycles. The average molecular weight is 286 g/mol. The predicted octanol–water partition coefficient (Wildman–Crippen LogP) is 2.25. The third kappa shape index (κ3) is 2.25. The Bertz CT molecular complexity index is 689. The summed E-state index contributed by atoms with van der Waals surface area (Å²) in [7, 11) is 1.58. The minimum Gasteiger partial charge on any atom is -0.497 e. The Hall–Kier alpha value is -2.40. The molecule has 1 saturated heterocycles. The number of amides is 1. The van der Waals surface area contributed by atoms with E-state index in [1.807, 2.05) is 24.3 Å². The molecule has 1 fully saturated rings. The second kappa shape index (κ2) is 5.18. The van der Waals surface area contributed by atoms with Crippen LogP contribution in [0.1, 0.15) is 11.6 Å². The minimum absolute atomic E-state index is 0.214. The number of rotatable bonds is 3. The largest absolute Gasteiger partial charge is 0.497 e. The molecule has 1 aliphatic rings. The number of hydrogen-bond acceptors (Lipinski definition) is 3. The Kier molecular flexibility index (Phi) is 3.35. The van der Waals surface area contributed by atoms with Crippen molar-refractivity contribution in [1.29, 1.82) is 0 Å². The summed E-state index contributed by atoms with van der Waals surface area (Å²) in [4.78, 5) is 13.6. The lowest BCUT2D eigenvalue weighted by atomic mass is 9.88. The first-order valence-corrected chi connectivity index (χ1v) is 6.60. The fourth-order valence-corrected chi connectivity index (χ4v) is 2.61. The fourth-order valence-electron chi connectivity index (χ4n) is 2.61. The molecule has 2 N–H and O–H groups in total. The van der Waals surface area contributed by atoms with Crippen LogP contribution >= 0.6 is 0 Å². The van der Waals surface area contributed by atoms with Gasteiger partial charge in [0.2, 0.25) is 5.91 Å². The summed E-state index contributed by atoms with van der Waals surface area (Å²) in [6, 6.07) is 12.4. The molecule has 108 valence electrons. The van der Waals surface area contributed by atoms with Gasteiger partial charge in [0.25, 0.3) is 0 Å². The standard InChI is InChI=1S/C16H15FN2O2/c1-21-13-7-2-4-10(8-13)15-14(18)16(20)19(15)12-6-3-5-11(17)9-12/h2-9,14-15H,18H2,1H3/t14-,15+/m0/s1. The molecule has 1 aliphatic heterocycles. The maximum atomic E-state index is 13.4. The van der Waals surface area contributed by atoms with Crippen molar-refractivity contribution in [2.45, 2.75) is 12.1 Å². The van der Waals surface area contributed by atoms with Gasteiger partial charge in [-0.2, -0.15) is 0 Å². The molecule has 0 spiro atoms. The molecular weight excluding hydrogens is 271 g/mol. The SMILES string of the molecule is COc1cccc([C@@H]2[C@H](N)C(=O)N2c2cccc(F)c2)c1. The third-order valence-electron chi connectivity index (χ3n) is 3.66. The second-order valence-electron chi connectivity index (χ2n) is 4.94. The lowest BCUT2D eigenvalue weighted by molar-refractivity contribution is -0.126. The van der Waals surface area contributed by atoms with Gasteiger partial charge >= 0.3 is 0 Å². The molecule has 5 heteroatoms. The summed E-state index contributed by atoms with van der Waals surface area (Å²) < 4.78 is 18.6. The first kappa shape index (κ1) is 13.6. The molecule has 1 heterocycles. The molecule has 2 aromatic rings. The highest BCUT2D eigenvalue weighted by Gasteiger charge is 2.46. The lowest BCUT2D eigenvalue weighted by Gasteiger charge is -2.45. The number of carbonyl (C=O) groups excluding carboxylic acids is 1. The van der Waals surface area contributed by atoms with E-state index < -0.39 is 6.04 Å². The summed E-state index contributed by atoms with van der Waals surface area (Å²) in [5.74, 6) is 0.0943. The van der Waals surface area contributed by atoms with Gasteiger partial charge < -0.3 is 15.4 Å². The molecule has 0 radical (unpaired) electrons. The Morgan fingerprint density at radius 3 is 2.67 bits per heavy atom. The monoisotopic (exact) mass is 286 g/mol. The van der Waals surface area contributed by atoms with Gasteiger partial charge in [-0.1, -0.05) is 18.2 Å². The van der Waals surface area contributed by atoms with Crippen LogP contribution in [0, 0.1) is 5.82 Å². The van der Waals surface area contributed by atoms with Crippen molar-refractivity contribution in [2.24, 2.45) is 5.73 Å². The zero-order chi connectivity index (χ0) is 15.0. The number of nitrogens with zero attached hydrogens (tertiary/aromatic N) is 1. The molecule has 1 amide bonds. The van der Waals surface area contributed by atoms with Crippen LogP contribution in [0.2, 0.25) is 0 Å². The molecular formula is C16H15FN2O2. The quantitative estimate of drug-likeness (QED) is 0.880. The number of β-lactam (4-membered cyclic amide) rings is 1. The lowest BCUT2D eigenvalue weighted by Crippen LogP contribution is -2.63. The highest BCUT2D eigenvalue weighted by atomic mass is 19.1. The third-order valence-corrected chi connectivity index (χ3v) is 3.66. The van der Waals surface area contributed by atoms with Crippen molar-refractivity contribution in [1.82, 2.24) is 0 Å². The van der Waals surface area contributed by atoms with Crippen molar-refractivity contribution in [3.8, 4) is 5.75 Å². The Morgan fingerprint density at radius 2 is 1.95 bits per heavy atom. The molecule has 2 aromatic carbocycles. The zero-order valence-electron chi connectivity index (χ0n) is 11.5. The summed E-state index contributed by atoms with van der Waals surface area (Å²) in [6.45, 7) is 0. The van der Waals surface area contributed by atoms with E-state index in [-0.39, 0.29) is 17.8 Å². The van der Waals surface area contributed by atoms with Crippen LogP contribution < -0.4 is 15.4 Å². The molecule has 2 atom stereocenters. The van der Waals surface area contributed by atoms with Gasteiger partial charge in [-0.3, -0.25) is 4.79 Å². The van der Waals surface area contributed by atoms with Gasteiger partial charge in [0.15, 0.2) is 0 Å². The Morgan fingerprint density at radius 1 is 1.19 bits per heavy atom. The van der Waals surface area contributed by atoms with E-state index in [4.69, 9.17) is 10.5 Å². The fraction of sp³-hybridized carbons (Fsp3) is 0.188. The van der Waals surface area contributed by atoms with Gasteiger partial charge in [0.05, 0.1) is 13.2 Å². The van der Waals surface area contributed by atoms with Crippen LogP contribution in [0.25, 0.3) is 0 Å². The number of benzene rings is 2. The molecule has 0 unspecified atom stereocenters. The number of methoxy groups -OCH3 is 1. The van der Waals surface area contributed by atoms with E-state index in [0.29, 0.717) is 11.4 Å². The van der Waals surface area contributed by atoms with E-state index in [2.05, 4.69) is 0 Å². The number of ether oxygens (including phenoxy) is 1. The zero-order valence-corrected chi connectivity index (χ0v) is 11.5. The van der Waals surface area contributed by atoms with E-state index in [0.717, 1.165) is 5.56 Å². The molecule has 0 aliphatic carbocycles. The minimum atomic E-state index is -0.625. The van der Waals surface area contributed by atoms with Crippen molar-refractivity contribution in [3.05, 3.63) is 59.9 Å². The number of nitrogens with two attached hydrogens (primary N) is 1. The van der Waals surface area contributed by atoms with E-state index in [1.54, 1.807) is 19.2 Å². The van der Waals surface area contributed by atoms with Gasteiger partial charge in [-0.15, -0.1) is 0 Å².